The van der Waals surface area contributed by atoms with Gasteiger partial charge in [-0.05, 0) is 53.2 Å². The third-order valence-electron chi connectivity index (χ3n) is 5.33. The molecule has 10 heteroatoms. The van der Waals surface area contributed by atoms with Crippen LogP contribution in [0.5, 0.6) is 17.2 Å². The number of amides is 3. The van der Waals surface area contributed by atoms with Gasteiger partial charge in [0.15, 0.2) is 11.5 Å². The van der Waals surface area contributed by atoms with E-state index in [1.807, 2.05) is 30.3 Å². The number of nitrogens with zero attached hydrogens (tertiary/aromatic N) is 1. The van der Waals surface area contributed by atoms with Crippen LogP contribution in [-0.2, 0) is 16.2 Å². The molecule has 3 aromatic carbocycles. The van der Waals surface area contributed by atoms with Crippen molar-refractivity contribution in [2.24, 2.45) is 0 Å². The average Bonchev–Trinajstić information content (AvgIpc) is 3.15. The Morgan fingerprint density at radius 3 is 2.43 bits per heavy atom. The maximum atomic E-state index is 12.9. The summed E-state index contributed by atoms with van der Waals surface area (Å²) in [6.07, 6.45) is 1.53. The molecule has 3 aromatic rings. The summed E-state index contributed by atoms with van der Waals surface area (Å²) in [6, 6.07) is 19.7. The highest BCUT2D eigenvalue weighted by molar-refractivity contribution is 8.18. The standard InChI is InChI=1S/C27H23ClN2O6S/c1-34-21-11-7-6-10-20(21)29-24(31)15-30-26(32)23(37-27(30)33)14-18-12-19(28)25(22(13-18)35-2)36-16-17-8-4-3-5-9-17/h3-14H,15-16H2,1-2H3,(H,29,31)/b23-14-. The Morgan fingerprint density at radius 1 is 1.00 bits per heavy atom. The molecule has 0 atom stereocenters. The van der Waals surface area contributed by atoms with Crippen LogP contribution in [0.15, 0.2) is 71.6 Å². The van der Waals surface area contributed by atoms with Crippen molar-refractivity contribution in [3.63, 3.8) is 0 Å². The third kappa shape index (κ3) is 6.25. The van der Waals surface area contributed by atoms with E-state index in [9.17, 15) is 14.4 Å². The molecular weight excluding hydrogens is 516 g/mol. The van der Waals surface area contributed by atoms with Crippen molar-refractivity contribution in [3.8, 4) is 17.2 Å². The number of rotatable bonds is 9. The van der Waals surface area contributed by atoms with E-state index >= 15 is 0 Å². The molecular formula is C27H23ClN2O6S. The first-order valence-electron chi connectivity index (χ1n) is 11.1. The van der Waals surface area contributed by atoms with Gasteiger partial charge in [-0.15, -0.1) is 0 Å². The molecule has 1 heterocycles. The van der Waals surface area contributed by atoms with E-state index in [2.05, 4.69) is 5.32 Å². The van der Waals surface area contributed by atoms with Gasteiger partial charge >= 0.3 is 0 Å². The minimum atomic E-state index is -0.579. The second-order valence-electron chi connectivity index (χ2n) is 7.82. The van der Waals surface area contributed by atoms with E-state index in [-0.39, 0.29) is 9.93 Å². The number of anilines is 1. The van der Waals surface area contributed by atoms with E-state index in [1.165, 1.54) is 20.3 Å². The van der Waals surface area contributed by atoms with Gasteiger partial charge in [-0.25, -0.2) is 0 Å². The quantitative estimate of drug-likeness (QED) is 0.354. The van der Waals surface area contributed by atoms with Crippen LogP contribution in [0.2, 0.25) is 5.02 Å². The van der Waals surface area contributed by atoms with Crippen molar-refractivity contribution in [2.75, 3.05) is 26.1 Å². The summed E-state index contributed by atoms with van der Waals surface area (Å²) in [7, 11) is 2.97. The van der Waals surface area contributed by atoms with Crippen LogP contribution < -0.4 is 19.5 Å². The van der Waals surface area contributed by atoms with Crippen molar-refractivity contribution < 1.29 is 28.6 Å². The zero-order valence-electron chi connectivity index (χ0n) is 20.0. The van der Waals surface area contributed by atoms with Crippen LogP contribution >= 0.6 is 23.4 Å². The van der Waals surface area contributed by atoms with Gasteiger partial charge in [-0.3, -0.25) is 19.3 Å². The second kappa shape index (κ2) is 11.9. The molecule has 1 N–H and O–H groups in total. The predicted molar refractivity (Wildman–Crippen MR) is 143 cm³/mol. The molecule has 0 bridgehead atoms. The lowest BCUT2D eigenvalue weighted by molar-refractivity contribution is -0.127. The van der Waals surface area contributed by atoms with E-state index in [0.29, 0.717) is 35.1 Å². The number of nitrogens with one attached hydrogen (secondary N) is 1. The van der Waals surface area contributed by atoms with Crippen LogP contribution in [-0.4, -0.2) is 42.7 Å². The molecule has 0 unspecified atom stereocenters. The Morgan fingerprint density at radius 2 is 1.70 bits per heavy atom. The fourth-order valence-electron chi connectivity index (χ4n) is 3.56. The SMILES string of the molecule is COc1ccccc1NC(=O)CN1C(=O)S/C(=C\c2cc(Cl)c(OCc3ccccc3)c(OC)c2)C1=O. The second-order valence-corrected chi connectivity index (χ2v) is 9.23. The minimum absolute atomic E-state index is 0.158. The summed E-state index contributed by atoms with van der Waals surface area (Å²) in [4.78, 5) is 39.0. The topological polar surface area (TPSA) is 94.2 Å². The highest BCUT2D eigenvalue weighted by Crippen LogP contribution is 2.39. The number of halogens is 1. The number of imide groups is 1. The van der Waals surface area contributed by atoms with Gasteiger partial charge in [-0.2, -0.15) is 0 Å². The van der Waals surface area contributed by atoms with Crippen LogP contribution in [0, 0.1) is 0 Å². The van der Waals surface area contributed by atoms with Crippen molar-refractivity contribution in [1.29, 1.82) is 0 Å². The molecule has 1 aliphatic rings. The smallest absolute Gasteiger partial charge is 0.294 e. The summed E-state index contributed by atoms with van der Waals surface area (Å²) in [5.74, 6) is 0.102. The normalized spacial score (nSPS) is 14.1. The number of para-hydroxylation sites is 2. The monoisotopic (exact) mass is 538 g/mol. The Hall–Kier alpha value is -3.95. The molecule has 8 nitrogen and oxygen atoms in total. The molecule has 3 amide bonds. The number of ether oxygens (including phenoxy) is 3. The number of methoxy groups -OCH3 is 2. The number of carbonyl (C=O) groups excluding carboxylic acids is 3. The zero-order chi connectivity index (χ0) is 26.4. The van der Waals surface area contributed by atoms with Crippen molar-refractivity contribution >= 4 is 52.2 Å². The first-order valence-corrected chi connectivity index (χ1v) is 12.3. The molecule has 0 aromatic heterocycles. The Bertz CT molecular complexity index is 1360. The van der Waals surface area contributed by atoms with Crippen LogP contribution in [0.3, 0.4) is 0 Å². The van der Waals surface area contributed by atoms with Gasteiger partial charge in [0, 0.05) is 0 Å². The maximum absolute atomic E-state index is 12.9. The number of benzene rings is 3. The Kier molecular flexibility index (Phi) is 8.37. The van der Waals surface area contributed by atoms with E-state index in [4.69, 9.17) is 25.8 Å². The fourth-order valence-corrected chi connectivity index (χ4v) is 4.67. The molecule has 4 rings (SSSR count). The van der Waals surface area contributed by atoms with Gasteiger partial charge in [-0.1, -0.05) is 54.1 Å². The first-order chi connectivity index (χ1) is 17.9. The molecule has 1 fully saturated rings. The Labute approximate surface area is 223 Å². The number of thioether (sulfide) groups is 1. The minimum Gasteiger partial charge on any atom is -0.495 e. The lowest BCUT2D eigenvalue weighted by Crippen LogP contribution is -2.36. The lowest BCUT2D eigenvalue weighted by Gasteiger charge is -2.14. The molecule has 37 heavy (non-hydrogen) atoms. The number of hydrogen-bond donors (Lipinski definition) is 1. The van der Waals surface area contributed by atoms with Gasteiger partial charge < -0.3 is 19.5 Å². The van der Waals surface area contributed by atoms with E-state index in [1.54, 1.807) is 36.4 Å². The zero-order valence-corrected chi connectivity index (χ0v) is 21.6. The predicted octanol–water partition coefficient (Wildman–Crippen LogP) is 5.61. The van der Waals surface area contributed by atoms with Gasteiger partial charge in [0.2, 0.25) is 5.91 Å². The van der Waals surface area contributed by atoms with Crippen LogP contribution in [0.25, 0.3) is 6.08 Å². The van der Waals surface area contributed by atoms with Gasteiger partial charge in [0.05, 0.1) is 29.8 Å². The molecule has 0 aliphatic carbocycles. The van der Waals surface area contributed by atoms with Crippen LogP contribution in [0.1, 0.15) is 11.1 Å². The first kappa shape index (κ1) is 26.1. The number of hydrogen-bond acceptors (Lipinski definition) is 7. The molecule has 190 valence electrons. The summed E-state index contributed by atoms with van der Waals surface area (Å²) in [5.41, 5.74) is 1.94. The van der Waals surface area contributed by atoms with E-state index < -0.39 is 23.6 Å². The largest absolute Gasteiger partial charge is 0.495 e. The van der Waals surface area contributed by atoms with Crippen molar-refractivity contribution in [3.05, 3.63) is 87.8 Å². The highest BCUT2D eigenvalue weighted by atomic mass is 35.5. The fraction of sp³-hybridized carbons (Fsp3) is 0.148. The highest BCUT2D eigenvalue weighted by Gasteiger charge is 2.36. The summed E-state index contributed by atoms with van der Waals surface area (Å²) < 4.78 is 16.5. The number of carbonyl (C=O) groups is 3. The lowest BCUT2D eigenvalue weighted by atomic mass is 10.1. The Balaban J connectivity index is 1.47. The molecule has 0 saturated carbocycles. The van der Waals surface area contributed by atoms with E-state index in [0.717, 1.165) is 22.2 Å². The molecule has 0 spiro atoms. The van der Waals surface area contributed by atoms with Crippen LogP contribution in [0.4, 0.5) is 10.5 Å². The average molecular weight is 539 g/mol. The summed E-state index contributed by atoms with van der Waals surface area (Å²) in [6.45, 7) is -0.136. The van der Waals surface area contributed by atoms with Crippen molar-refractivity contribution in [1.82, 2.24) is 4.90 Å². The van der Waals surface area contributed by atoms with Gasteiger partial charge in [0.1, 0.15) is 18.9 Å². The molecule has 0 radical (unpaired) electrons. The maximum Gasteiger partial charge on any atom is 0.294 e. The van der Waals surface area contributed by atoms with Crippen molar-refractivity contribution in [2.45, 2.75) is 6.61 Å². The molecule has 1 saturated heterocycles. The summed E-state index contributed by atoms with van der Waals surface area (Å²) >= 11 is 7.21. The molecule has 1 aliphatic heterocycles. The van der Waals surface area contributed by atoms with Gasteiger partial charge in [0.25, 0.3) is 11.1 Å². The third-order valence-corrected chi connectivity index (χ3v) is 6.52. The summed E-state index contributed by atoms with van der Waals surface area (Å²) in [5, 5.41) is 2.40.